The number of phenols is 1. The first-order valence-corrected chi connectivity index (χ1v) is 32.4. The SMILES string of the molecule is CCNC(=O)[C@@H]1CCCN1C(=O)[C@H](CCCN=C(N)N)NC(=O)[C@H](CC(C)C)NC(=O)[C@@H](CC(C)C)NC(=O)[C@H](Cc1ccc(O)cc1)NC(=O)[C@H](CO)NC(=O)[C@H](Cc1c[nH]c2ccccc12)NC(=O)[C@H](Cc1cnc[nH]1)NC(=O)[C@@H]1CCC(=O)N1.CS(C)=O. The Bertz CT molecular complexity index is 3170. The monoisotopic (exact) mass is 1290 g/mol. The number of H-pyrrole nitrogens is 2. The van der Waals surface area contributed by atoms with Gasteiger partial charge in [0.1, 0.15) is 60.1 Å². The number of nitrogens with zero attached hydrogens (tertiary/aromatic N) is 3. The van der Waals surface area contributed by atoms with Gasteiger partial charge in [0.25, 0.3) is 0 Å². The summed E-state index contributed by atoms with van der Waals surface area (Å²) in [6.07, 6.45) is 9.08. The zero-order valence-corrected chi connectivity index (χ0v) is 53.4. The molecule has 0 bridgehead atoms. The first kappa shape index (κ1) is 72.8. The fourth-order valence-corrected chi connectivity index (χ4v) is 10.5. The molecular weight excluding hydrogens is 1200 g/mol. The third-order valence-corrected chi connectivity index (χ3v) is 14.9. The number of nitrogens with two attached hydrogens (primary N) is 2. The lowest BCUT2D eigenvalue weighted by atomic mass is 9.98. The number of benzene rings is 2. The maximum atomic E-state index is 14.7. The molecule has 10 amide bonds. The molecule has 2 aromatic heterocycles. The third-order valence-electron chi connectivity index (χ3n) is 14.9. The number of guanidine groups is 1. The van der Waals surface area contributed by atoms with Crippen molar-refractivity contribution >= 4 is 86.7 Å². The predicted octanol–water partition coefficient (Wildman–Crippen LogP) is -1.44. The maximum Gasteiger partial charge on any atom is 0.245 e. The van der Waals surface area contributed by atoms with E-state index in [1.807, 2.05) is 19.9 Å². The van der Waals surface area contributed by atoms with Crippen LogP contribution in [0.4, 0.5) is 0 Å². The van der Waals surface area contributed by atoms with Gasteiger partial charge in [0.15, 0.2) is 5.96 Å². The second-order valence-electron chi connectivity index (χ2n) is 23.5. The van der Waals surface area contributed by atoms with Crippen molar-refractivity contribution < 1.29 is 62.4 Å². The van der Waals surface area contributed by atoms with Gasteiger partial charge in [0.05, 0.1) is 12.9 Å². The van der Waals surface area contributed by atoms with Crippen LogP contribution in [0.2, 0.25) is 0 Å². The maximum absolute atomic E-state index is 14.7. The number of carbonyl (C=O) groups is 10. The lowest BCUT2D eigenvalue weighted by Crippen LogP contribution is -2.61. The van der Waals surface area contributed by atoms with Crippen LogP contribution in [0.5, 0.6) is 5.75 Å². The number of aliphatic imine (C=N–C) groups is 1. The summed E-state index contributed by atoms with van der Waals surface area (Å²) in [6, 6.07) is 1.58. The van der Waals surface area contributed by atoms with Gasteiger partial charge in [-0.05, 0) is 93.0 Å². The van der Waals surface area contributed by atoms with Gasteiger partial charge in [-0.15, -0.1) is 0 Å². The number of rotatable bonds is 32. The lowest BCUT2D eigenvalue weighted by molar-refractivity contribution is -0.142. The number of imidazole rings is 1. The highest BCUT2D eigenvalue weighted by atomic mass is 32.2. The summed E-state index contributed by atoms with van der Waals surface area (Å²) >= 11 is 0. The molecule has 498 valence electrons. The van der Waals surface area contributed by atoms with Crippen LogP contribution in [0.25, 0.3) is 10.9 Å². The Hall–Kier alpha value is -8.93. The molecule has 4 aromatic rings. The minimum Gasteiger partial charge on any atom is -0.508 e. The van der Waals surface area contributed by atoms with E-state index in [-0.39, 0.29) is 106 Å². The van der Waals surface area contributed by atoms with Crippen molar-refractivity contribution in [2.45, 2.75) is 160 Å². The molecule has 0 saturated carbocycles. The number of likely N-dealkylation sites (tertiary alicyclic amines) is 1. The van der Waals surface area contributed by atoms with Crippen molar-refractivity contribution in [2.24, 2.45) is 28.3 Å². The highest BCUT2D eigenvalue weighted by Crippen LogP contribution is 2.22. The smallest absolute Gasteiger partial charge is 0.245 e. The Morgan fingerprint density at radius 1 is 0.714 bits per heavy atom. The van der Waals surface area contributed by atoms with Gasteiger partial charge in [-0.25, -0.2) is 4.98 Å². The molecular formula is C61H90N16O13S. The molecule has 2 aliphatic rings. The number of para-hydroxylation sites is 1. The van der Waals surface area contributed by atoms with Crippen LogP contribution in [0.1, 0.15) is 103 Å². The zero-order chi connectivity index (χ0) is 66.9. The van der Waals surface area contributed by atoms with Gasteiger partial charge in [0.2, 0.25) is 59.1 Å². The number of aliphatic hydroxyl groups excluding tert-OH is 1. The van der Waals surface area contributed by atoms with Crippen LogP contribution in [-0.4, -0.2) is 192 Å². The second-order valence-corrected chi connectivity index (χ2v) is 25.0. The van der Waals surface area contributed by atoms with Crippen molar-refractivity contribution in [3.63, 3.8) is 0 Å². The third kappa shape index (κ3) is 23.4. The summed E-state index contributed by atoms with van der Waals surface area (Å²) in [7, 11) is -0.611. The van der Waals surface area contributed by atoms with Crippen LogP contribution in [0, 0.1) is 11.8 Å². The number of fused-ring (bicyclic) bond motifs is 1. The number of hydrogen-bond donors (Lipinski definition) is 15. The summed E-state index contributed by atoms with van der Waals surface area (Å²) in [4.78, 5) is 155. The van der Waals surface area contributed by atoms with E-state index in [0.29, 0.717) is 41.6 Å². The highest BCUT2D eigenvalue weighted by Gasteiger charge is 2.40. The first-order valence-electron chi connectivity index (χ1n) is 30.5. The van der Waals surface area contributed by atoms with Gasteiger partial charge in [-0.2, -0.15) is 0 Å². The Morgan fingerprint density at radius 2 is 1.26 bits per heavy atom. The van der Waals surface area contributed by atoms with E-state index in [1.54, 1.807) is 57.7 Å². The fraction of sp³-hybridized carbons (Fsp3) is 0.541. The van der Waals surface area contributed by atoms with Gasteiger partial charge in [-0.3, -0.25) is 57.1 Å². The number of hydrogen-bond acceptors (Lipinski definition) is 15. The molecule has 91 heavy (non-hydrogen) atoms. The van der Waals surface area contributed by atoms with Gasteiger partial charge in [0, 0.05) is 97.6 Å². The van der Waals surface area contributed by atoms with Crippen LogP contribution in [0.15, 0.2) is 72.2 Å². The van der Waals surface area contributed by atoms with Crippen molar-refractivity contribution in [3.8, 4) is 5.75 Å². The van der Waals surface area contributed by atoms with Crippen molar-refractivity contribution in [2.75, 3.05) is 38.8 Å². The van der Waals surface area contributed by atoms with E-state index in [4.69, 9.17) is 11.5 Å². The molecule has 4 heterocycles. The molecule has 29 nitrogen and oxygen atoms in total. The molecule has 30 heteroatoms. The Morgan fingerprint density at radius 3 is 1.81 bits per heavy atom. The Labute approximate surface area is 531 Å². The van der Waals surface area contributed by atoms with Gasteiger partial charge < -0.3 is 84.4 Å². The number of aromatic hydroxyl groups is 1. The van der Waals surface area contributed by atoms with Crippen LogP contribution in [0.3, 0.4) is 0 Å². The average molecular weight is 1290 g/mol. The van der Waals surface area contributed by atoms with E-state index in [9.17, 15) is 62.4 Å². The van der Waals surface area contributed by atoms with Crippen LogP contribution >= 0.6 is 0 Å². The number of aromatic amines is 2. The number of aromatic nitrogens is 3. The van der Waals surface area contributed by atoms with E-state index in [0.717, 1.165) is 5.52 Å². The molecule has 0 radical (unpaired) electrons. The zero-order valence-electron chi connectivity index (χ0n) is 52.6. The molecule has 17 N–H and O–H groups in total. The normalized spacial score (nSPS) is 16.8. The molecule has 2 saturated heterocycles. The van der Waals surface area contributed by atoms with Crippen LogP contribution < -0.4 is 59.3 Å². The Kier molecular flexibility index (Phi) is 28.8. The number of amides is 10. The summed E-state index contributed by atoms with van der Waals surface area (Å²) in [5.74, 6) is -7.55. The predicted molar refractivity (Wildman–Crippen MR) is 340 cm³/mol. The summed E-state index contributed by atoms with van der Waals surface area (Å²) in [6.45, 7) is 8.82. The van der Waals surface area contributed by atoms with Crippen LogP contribution in [-0.2, 0) is 78.0 Å². The minimum atomic E-state index is -1.75. The minimum absolute atomic E-state index is 0.0397. The van der Waals surface area contributed by atoms with E-state index in [1.165, 1.54) is 41.7 Å². The molecule has 0 spiro atoms. The summed E-state index contributed by atoms with van der Waals surface area (Å²) in [5.41, 5.74) is 13.3. The van der Waals surface area contributed by atoms with Gasteiger partial charge >= 0.3 is 0 Å². The first-order chi connectivity index (χ1) is 43.3. The van der Waals surface area contributed by atoms with Crippen molar-refractivity contribution in [3.05, 3.63) is 84.1 Å². The Balaban J connectivity index is 0.00000365. The number of likely N-dealkylation sites (N-methyl/N-ethyl adjacent to an activating group) is 1. The van der Waals surface area contributed by atoms with E-state index < -0.39 is 119 Å². The van der Waals surface area contributed by atoms with E-state index in [2.05, 4.69) is 67.8 Å². The molecule has 0 aliphatic carbocycles. The van der Waals surface area contributed by atoms with Crippen molar-refractivity contribution in [1.82, 2.24) is 67.7 Å². The molecule has 6 rings (SSSR count). The van der Waals surface area contributed by atoms with E-state index >= 15 is 0 Å². The molecule has 0 unspecified atom stereocenters. The number of aliphatic hydroxyl groups is 1. The largest absolute Gasteiger partial charge is 0.508 e. The van der Waals surface area contributed by atoms with Crippen molar-refractivity contribution in [1.29, 1.82) is 0 Å². The summed E-state index contributed by atoms with van der Waals surface area (Å²) in [5, 5.41) is 45.9. The fourth-order valence-electron chi connectivity index (χ4n) is 10.5. The number of nitrogens with one attached hydrogen (secondary N) is 11. The average Bonchev–Trinajstić information content (AvgIpc) is 1.97. The number of phenolic OH excluding ortho intramolecular Hbond substituents is 1. The second kappa shape index (κ2) is 36.1. The molecule has 2 fully saturated rings. The van der Waals surface area contributed by atoms with Gasteiger partial charge in [-0.1, -0.05) is 58.0 Å². The summed E-state index contributed by atoms with van der Waals surface area (Å²) < 4.78 is 9.56. The lowest BCUT2D eigenvalue weighted by Gasteiger charge is -2.31. The molecule has 2 aromatic carbocycles. The number of carbonyl (C=O) groups excluding carboxylic acids is 10. The highest BCUT2D eigenvalue weighted by molar-refractivity contribution is 7.83. The molecule has 2 aliphatic heterocycles. The standard InChI is InChI=1S/C59H84N16O12.C2H6OS/c1-6-63-57(86)48-14-10-22-75(48)58(87)41(13-9-21-64-59(60)61)68-51(80)42(23-32(2)3)69-52(81)43(24-33(4)5)70-53(82)44(25-34-15-17-37(77)18-16-34)71-56(85)47(30-76)74-54(83)45(26-35-28-65-39-12-8-7-11-38(35)39)72-55(84)46(27-36-29-62-31-66-36)73-50(79)40-19-20-49(78)67-40;1-4(2)3/h7-8,11-12,15-18,28-29,31-33,40-48,65,76-77H,6,9-10,13-14,19-27,30H2,1-5H3,(H,62,66)(H,63,86)(H,67,78)(H,68,80)(H,69,81)(H,70,82)(H,71,85)(H,72,84)(H,73,79)(H,74,83)(H4,60,61,64);1-2H3/t40-,41-,42-,43+,44-,45-,46-,47-,48-;/m0./s1. The quantitative estimate of drug-likeness (QED) is 0.0151. The topological polar surface area (TPSA) is 449 Å². The molecule has 9 atom stereocenters.